The molecule has 1 saturated heterocycles. The highest BCUT2D eigenvalue weighted by Gasteiger charge is 2.66. The second-order valence-corrected chi connectivity index (χ2v) is 13.1. The first-order valence-corrected chi connectivity index (χ1v) is 14.2. The molecule has 5 fully saturated rings. The third-order valence-corrected chi connectivity index (χ3v) is 11.6. The molecule has 0 aromatic rings. The monoisotopic (exact) mass is 540 g/mol. The van der Waals surface area contributed by atoms with E-state index in [9.17, 15) is 35.1 Å². The normalized spacial score (nSPS) is 52.4. The van der Waals surface area contributed by atoms with E-state index in [0.29, 0.717) is 24.2 Å². The highest BCUT2D eigenvalue weighted by molar-refractivity contribution is 5.89. The van der Waals surface area contributed by atoms with Gasteiger partial charge in [0, 0.05) is 5.41 Å². The Morgan fingerprint density at radius 1 is 0.895 bits per heavy atom. The number of carbonyl (C=O) groups excluding carboxylic acids is 2. The van der Waals surface area contributed by atoms with Crippen molar-refractivity contribution in [2.75, 3.05) is 13.7 Å². The lowest BCUT2D eigenvalue weighted by Crippen LogP contribution is -2.61. The van der Waals surface area contributed by atoms with Gasteiger partial charge in [-0.05, 0) is 86.9 Å². The van der Waals surface area contributed by atoms with Crippen LogP contribution in [0.1, 0.15) is 71.6 Å². The van der Waals surface area contributed by atoms with Crippen molar-refractivity contribution in [1.82, 2.24) is 0 Å². The number of Topliss-reactive ketones (excluding diaryl/α,β-unsaturated/α-hetero) is 1. The molecule has 4 aliphatic carbocycles. The Labute approximate surface area is 223 Å². The van der Waals surface area contributed by atoms with Crippen LogP contribution in [0.5, 0.6) is 0 Å². The standard InChI is InChI=1S/C28H44O10/c1-26-9-6-15(29)12-14(26)4-5-16-17(26)7-10-27(2)18(16)8-11-28(27,35)19(30)13-37-25-22(33)20(31)21(32)23(38-25)24(34)36-3/h14-18,20-23,25,29,31-33,35H,4-13H2,1-3H3/t14-,15+,16-,17+,18+,20-,21+,22-,23-,25+,26+,27+,28+/m1/s1. The Balaban J connectivity index is 1.28. The molecule has 0 aromatic heterocycles. The number of aliphatic hydroxyl groups excluding tert-OH is 4. The largest absolute Gasteiger partial charge is 0.467 e. The number of rotatable bonds is 5. The van der Waals surface area contributed by atoms with Crippen LogP contribution >= 0.6 is 0 Å². The molecule has 0 aromatic carbocycles. The van der Waals surface area contributed by atoms with Crippen LogP contribution in [-0.2, 0) is 23.8 Å². The highest BCUT2D eigenvalue weighted by atomic mass is 16.7. The fourth-order valence-corrected chi connectivity index (χ4v) is 9.28. The van der Waals surface area contributed by atoms with E-state index >= 15 is 0 Å². The maximum atomic E-state index is 13.5. The van der Waals surface area contributed by atoms with Crippen molar-refractivity contribution in [3.05, 3.63) is 0 Å². The molecule has 13 atom stereocenters. The van der Waals surface area contributed by atoms with Gasteiger partial charge in [-0.1, -0.05) is 13.8 Å². The van der Waals surface area contributed by atoms with Crippen molar-refractivity contribution in [3.8, 4) is 0 Å². The Morgan fingerprint density at radius 2 is 1.61 bits per heavy atom. The first-order valence-electron chi connectivity index (χ1n) is 14.2. The number of ketones is 1. The number of aliphatic hydroxyl groups is 5. The highest BCUT2D eigenvalue weighted by Crippen LogP contribution is 2.68. The van der Waals surface area contributed by atoms with E-state index in [1.807, 2.05) is 6.92 Å². The van der Waals surface area contributed by atoms with Crippen molar-refractivity contribution >= 4 is 11.8 Å². The summed E-state index contributed by atoms with van der Waals surface area (Å²) in [4.78, 5) is 25.5. The number of methoxy groups -OCH3 is 1. The van der Waals surface area contributed by atoms with Gasteiger partial charge in [-0.3, -0.25) is 4.79 Å². The maximum absolute atomic E-state index is 13.5. The Kier molecular flexibility index (Phi) is 7.51. The molecule has 10 heteroatoms. The lowest BCUT2D eigenvalue weighted by molar-refractivity contribution is -0.293. The molecule has 0 amide bonds. The summed E-state index contributed by atoms with van der Waals surface area (Å²) in [6, 6.07) is 0. The average Bonchev–Trinajstić information content (AvgIpc) is 3.18. The number of hydrogen-bond acceptors (Lipinski definition) is 10. The van der Waals surface area contributed by atoms with Crippen molar-refractivity contribution < 1.29 is 49.3 Å². The van der Waals surface area contributed by atoms with Crippen LogP contribution in [0.25, 0.3) is 0 Å². The van der Waals surface area contributed by atoms with E-state index in [2.05, 4.69) is 11.7 Å². The van der Waals surface area contributed by atoms with Gasteiger partial charge in [0.05, 0.1) is 13.2 Å². The fourth-order valence-electron chi connectivity index (χ4n) is 9.28. The molecule has 10 nitrogen and oxygen atoms in total. The van der Waals surface area contributed by atoms with E-state index in [1.165, 1.54) is 0 Å². The van der Waals surface area contributed by atoms with Crippen LogP contribution < -0.4 is 0 Å². The number of ether oxygens (including phenoxy) is 3. The quantitative estimate of drug-likeness (QED) is 0.314. The van der Waals surface area contributed by atoms with E-state index < -0.39 is 60.1 Å². The molecule has 216 valence electrons. The van der Waals surface area contributed by atoms with Crippen molar-refractivity contribution in [3.63, 3.8) is 0 Å². The first-order chi connectivity index (χ1) is 17.9. The molecule has 0 unspecified atom stereocenters. The summed E-state index contributed by atoms with van der Waals surface area (Å²) in [5.41, 5.74) is -2.02. The van der Waals surface area contributed by atoms with Gasteiger partial charge in [-0.25, -0.2) is 4.79 Å². The van der Waals surface area contributed by atoms with E-state index in [0.717, 1.165) is 58.5 Å². The molecule has 1 aliphatic heterocycles. The van der Waals surface area contributed by atoms with Crippen LogP contribution in [0.3, 0.4) is 0 Å². The minimum absolute atomic E-state index is 0.188. The van der Waals surface area contributed by atoms with Crippen molar-refractivity contribution in [2.24, 2.45) is 34.5 Å². The molecule has 5 rings (SSSR count). The molecule has 0 bridgehead atoms. The van der Waals surface area contributed by atoms with Gasteiger partial charge in [0.1, 0.15) is 30.5 Å². The van der Waals surface area contributed by atoms with E-state index in [1.54, 1.807) is 0 Å². The zero-order chi connectivity index (χ0) is 27.6. The van der Waals surface area contributed by atoms with Crippen LogP contribution in [0.2, 0.25) is 0 Å². The lowest BCUT2D eigenvalue weighted by Gasteiger charge is -2.61. The number of esters is 1. The summed E-state index contributed by atoms with van der Waals surface area (Å²) in [6.07, 6.45) is -0.873. The smallest absolute Gasteiger partial charge is 0.337 e. The van der Waals surface area contributed by atoms with Gasteiger partial charge in [-0.2, -0.15) is 0 Å². The zero-order valence-corrected chi connectivity index (χ0v) is 22.6. The minimum Gasteiger partial charge on any atom is -0.467 e. The van der Waals surface area contributed by atoms with Crippen LogP contribution in [0, 0.1) is 34.5 Å². The molecule has 0 radical (unpaired) electrons. The Hall–Kier alpha value is -1.14. The third-order valence-electron chi connectivity index (χ3n) is 11.6. The lowest BCUT2D eigenvalue weighted by atomic mass is 9.44. The number of fused-ring (bicyclic) bond motifs is 5. The van der Waals surface area contributed by atoms with Crippen molar-refractivity contribution in [1.29, 1.82) is 0 Å². The van der Waals surface area contributed by atoms with Gasteiger partial charge in [-0.15, -0.1) is 0 Å². The number of carbonyl (C=O) groups is 2. The zero-order valence-electron chi connectivity index (χ0n) is 22.6. The number of hydrogen-bond donors (Lipinski definition) is 5. The summed E-state index contributed by atoms with van der Waals surface area (Å²) >= 11 is 0. The van der Waals surface area contributed by atoms with Gasteiger partial charge in [0.15, 0.2) is 18.2 Å². The molecule has 4 saturated carbocycles. The van der Waals surface area contributed by atoms with Gasteiger partial charge >= 0.3 is 5.97 Å². The topological polar surface area (TPSA) is 163 Å². The molecule has 38 heavy (non-hydrogen) atoms. The predicted molar refractivity (Wildman–Crippen MR) is 132 cm³/mol. The summed E-state index contributed by atoms with van der Waals surface area (Å²) in [6.45, 7) is 3.85. The maximum Gasteiger partial charge on any atom is 0.337 e. The van der Waals surface area contributed by atoms with Gasteiger partial charge in [0.25, 0.3) is 0 Å². The molecular formula is C28H44O10. The van der Waals surface area contributed by atoms with Crippen LogP contribution in [-0.4, -0.2) is 93.4 Å². The third kappa shape index (κ3) is 4.17. The molecule has 5 aliphatic rings. The Bertz CT molecular complexity index is 927. The SMILES string of the molecule is COC(=O)[C@@H]1O[C@H](OCC(=O)[C@@]2(O)CC[C@H]3[C@@H]4CC[C@@H]5C[C@@H](O)CC[C@]5(C)[C@H]4CC[C@@]32C)[C@H](O)[C@H](O)[C@@H]1O. The minimum atomic E-state index is -1.74. The van der Waals surface area contributed by atoms with Crippen molar-refractivity contribution in [2.45, 2.75) is 114 Å². The van der Waals surface area contributed by atoms with E-state index in [-0.39, 0.29) is 17.4 Å². The molecule has 0 spiro atoms. The van der Waals surface area contributed by atoms with Gasteiger partial charge < -0.3 is 39.7 Å². The molecule has 5 N–H and O–H groups in total. The fraction of sp³-hybridized carbons (Fsp3) is 0.929. The second-order valence-electron chi connectivity index (χ2n) is 13.1. The van der Waals surface area contributed by atoms with Crippen LogP contribution in [0.15, 0.2) is 0 Å². The summed E-state index contributed by atoms with van der Waals surface area (Å²) in [5.74, 6) is 0.227. The van der Waals surface area contributed by atoms with Gasteiger partial charge in [0.2, 0.25) is 0 Å². The van der Waals surface area contributed by atoms with E-state index in [4.69, 9.17) is 9.47 Å². The molecular weight excluding hydrogens is 496 g/mol. The average molecular weight is 541 g/mol. The Morgan fingerprint density at radius 3 is 2.32 bits per heavy atom. The summed E-state index contributed by atoms with van der Waals surface area (Å²) < 4.78 is 15.4. The summed E-state index contributed by atoms with van der Waals surface area (Å²) in [7, 11) is 1.10. The van der Waals surface area contributed by atoms with Crippen LogP contribution in [0.4, 0.5) is 0 Å². The summed E-state index contributed by atoms with van der Waals surface area (Å²) in [5, 5.41) is 52.7. The first kappa shape index (κ1) is 28.4. The molecule has 1 heterocycles. The predicted octanol–water partition coefficient (Wildman–Crippen LogP) is 0.687. The second kappa shape index (κ2) is 10.0.